The Morgan fingerprint density at radius 2 is 1.40 bits per heavy atom. The molecule has 2 aliphatic heterocycles. The summed E-state index contributed by atoms with van der Waals surface area (Å²) in [6.45, 7) is 6.12. The first-order valence-corrected chi connectivity index (χ1v) is 13.1. The number of benzene rings is 2. The molecule has 0 N–H and O–H groups in total. The third-order valence-corrected chi connectivity index (χ3v) is 7.35. The van der Waals surface area contributed by atoms with E-state index in [1.807, 2.05) is 40.1 Å². The van der Waals surface area contributed by atoms with Gasteiger partial charge in [-0.2, -0.15) is 0 Å². The van der Waals surface area contributed by atoms with E-state index >= 15 is 0 Å². The molecule has 188 valence electrons. The van der Waals surface area contributed by atoms with Gasteiger partial charge >= 0.3 is 0 Å². The summed E-state index contributed by atoms with van der Waals surface area (Å²) in [5.41, 5.74) is 1.37. The van der Waals surface area contributed by atoms with Crippen LogP contribution < -0.4 is 4.74 Å². The van der Waals surface area contributed by atoms with Crippen LogP contribution in [0.5, 0.6) is 5.75 Å². The fourth-order valence-electron chi connectivity index (χ4n) is 4.91. The molecule has 2 amide bonds. The molecule has 0 bridgehead atoms. The van der Waals surface area contributed by atoms with Gasteiger partial charge in [0.25, 0.3) is 0 Å². The number of carbonyl (C=O) groups excluding carboxylic acids is 2. The molecule has 0 saturated carbocycles. The van der Waals surface area contributed by atoms with Crippen molar-refractivity contribution in [3.63, 3.8) is 0 Å². The molecule has 2 aliphatic rings. The number of rotatable bonds is 9. The predicted molar refractivity (Wildman–Crippen MR) is 139 cm³/mol. The average molecular weight is 498 g/mol. The number of carbonyl (C=O) groups is 2. The summed E-state index contributed by atoms with van der Waals surface area (Å²) in [5, 5.41) is 0.697. The van der Waals surface area contributed by atoms with Crippen molar-refractivity contribution in [3.05, 3.63) is 65.2 Å². The summed E-state index contributed by atoms with van der Waals surface area (Å²) in [6.07, 6.45) is 3.79. The van der Waals surface area contributed by atoms with E-state index < -0.39 is 0 Å². The Morgan fingerprint density at radius 1 is 0.800 bits per heavy atom. The Labute approximate surface area is 213 Å². The van der Waals surface area contributed by atoms with Gasteiger partial charge in [0.2, 0.25) is 11.8 Å². The van der Waals surface area contributed by atoms with E-state index in [4.69, 9.17) is 16.3 Å². The Bertz CT molecular complexity index is 938. The number of piperazine rings is 1. The molecule has 4 rings (SSSR count). The van der Waals surface area contributed by atoms with Gasteiger partial charge in [-0.3, -0.25) is 14.5 Å². The van der Waals surface area contributed by atoms with E-state index in [2.05, 4.69) is 29.2 Å². The number of likely N-dealkylation sites (tertiary alicyclic amines) is 1. The molecule has 7 heteroatoms. The zero-order chi connectivity index (χ0) is 24.5. The third kappa shape index (κ3) is 7.97. The van der Waals surface area contributed by atoms with Crippen LogP contribution in [0.2, 0.25) is 5.02 Å². The third-order valence-electron chi connectivity index (χ3n) is 7.10. The van der Waals surface area contributed by atoms with Crippen LogP contribution in [-0.4, -0.2) is 78.9 Å². The lowest BCUT2D eigenvalue weighted by Crippen LogP contribution is -2.49. The molecular weight excluding hydrogens is 462 g/mol. The fraction of sp³-hybridized carbons (Fsp3) is 0.500. The van der Waals surface area contributed by atoms with E-state index in [0.29, 0.717) is 43.5 Å². The zero-order valence-corrected chi connectivity index (χ0v) is 21.2. The molecule has 0 radical (unpaired) electrons. The highest BCUT2D eigenvalue weighted by Crippen LogP contribution is 2.22. The number of piperidine rings is 1. The first kappa shape index (κ1) is 25.5. The maximum Gasteiger partial charge on any atom is 0.223 e. The van der Waals surface area contributed by atoms with E-state index in [1.165, 1.54) is 5.56 Å². The molecule has 2 fully saturated rings. The highest BCUT2D eigenvalue weighted by molar-refractivity contribution is 6.30. The van der Waals surface area contributed by atoms with Crippen molar-refractivity contribution in [3.8, 4) is 5.75 Å². The monoisotopic (exact) mass is 497 g/mol. The van der Waals surface area contributed by atoms with E-state index in [0.717, 1.165) is 57.7 Å². The number of halogens is 1. The quantitative estimate of drug-likeness (QED) is 0.523. The van der Waals surface area contributed by atoms with Crippen molar-refractivity contribution in [1.82, 2.24) is 14.7 Å². The van der Waals surface area contributed by atoms with Crippen molar-refractivity contribution in [2.45, 2.75) is 32.1 Å². The Kier molecular flexibility index (Phi) is 9.43. The lowest BCUT2D eigenvalue weighted by Gasteiger charge is -2.35. The zero-order valence-electron chi connectivity index (χ0n) is 20.4. The van der Waals surface area contributed by atoms with Crippen LogP contribution >= 0.6 is 11.6 Å². The summed E-state index contributed by atoms with van der Waals surface area (Å²) in [5.74, 6) is 1.66. The number of amides is 2. The van der Waals surface area contributed by atoms with Crippen molar-refractivity contribution < 1.29 is 14.3 Å². The largest absolute Gasteiger partial charge is 0.492 e. The smallest absolute Gasteiger partial charge is 0.223 e. The molecule has 2 aromatic carbocycles. The van der Waals surface area contributed by atoms with Crippen molar-refractivity contribution >= 4 is 23.4 Å². The molecule has 0 aromatic heterocycles. The van der Waals surface area contributed by atoms with Crippen LogP contribution in [0.25, 0.3) is 0 Å². The second-order valence-corrected chi connectivity index (χ2v) is 9.98. The maximum absolute atomic E-state index is 12.7. The summed E-state index contributed by atoms with van der Waals surface area (Å²) in [6, 6.07) is 18.0. The standard InChI is InChI=1S/C28H36ClN3O3/c29-25-6-8-26(9-7-25)35-21-20-30-16-18-32(19-17-30)28(34)11-10-27(33)31-14-12-24(13-15-31)22-23-4-2-1-3-5-23/h1-9,24H,10-22H2. The molecule has 6 nitrogen and oxygen atoms in total. The van der Waals surface area contributed by atoms with Gasteiger partial charge < -0.3 is 14.5 Å². The molecule has 0 atom stereocenters. The Hall–Kier alpha value is -2.57. The Morgan fingerprint density at radius 3 is 2.03 bits per heavy atom. The second-order valence-electron chi connectivity index (χ2n) is 9.54. The topological polar surface area (TPSA) is 53.1 Å². The lowest BCUT2D eigenvalue weighted by molar-refractivity contribution is -0.138. The van der Waals surface area contributed by atoms with Crippen LogP contribution in [0.3, 0.4) is 0 Å². The second kappa shape index (κ2) is 12.9. The fourth-order valence-corrected chi connectivity index (χ4v) is 5.03. The minimum absolute atomic E-state index is 0.0920. The molecule has 0 unspecified atom stereocenters. The first-order chi connectivity index (χ1) is 17.1. The highest BCUT2D eigenvalue weighted by atomic mass is 35.5. The number of hydrogen-bond acceptors (Lipinski definition) is 4. The lowest BCUT2D eigenvalue weighted by atomic mass is 9.90. The van der Waals surface area contributed by atoms with Gasteiger partial charge in [0, 0.05) is 63.7 Å². The average Bonchev–Trinajstić information content (AvgIpc) is 2.90. The highest BCUT2D eigenvalue weighted by Gasteiger charge is 2.25. The van der Waals surface area contributed by atoms with E-state index in [9.17, 15) is 9.59 Å². The summed E-state index contributed by atoms with van der Waals surface area (Å²) in [7, 11) is 0. The van der Waals surface area contributed by atoms with Crippen LogP contribution in [-0.2, 0) is 16.0 Å². The SMILES string of the molecule is O=C(CCC(=O)N1CCN(CCOc2ccc(Cl)cc2)CC1)N1CCC(Cc2ccccc2)CC1. The van der Waals surface area contributed by atoms with Crippen LogP contribution in [0.1, 0.15) is 31.2 Å². The van der Waals surface area contributed by atoms with Gasteiger partial charge in [-0.15, -0.1) is 0 Å². The molecule has 2 heterocycles. The van der Waals surface area contributed by atoms with Gasteiger partial charge in [0.15, 0.2) is 0 Å². The van der Waals surface area contributed by atoms with Crippen LogP contribution in [0.4, 0.5) is 0 Å². The van der Waals surface area contributed by atoms with Gasteiger partial charge in [0.05, 0.1) is 0 Å². The Balaban J connectivity index is 1.08. The maximum atomic E-state index is 12.7. The van der Waals surface area contributed by atoms with Crippen molar-refractivity contribution in [2.24, 2.45) is 5.92 Å². The van der Waals surface area contributed by atoms with Gasteiger partial charge in [0.1, 0.15) is 12.4 Å². The van der Waals surface area contributed by atoms with E-state index in [-0.39, 0.29) is 11.8 Å². The van der Waals surface area contributed by atoms with Crippen molar-refractivity contribution in [1.29, 1.82) is 0 Å². The summed E-state index contributed by atoms with van der Waals surface area (Å²) >= 11 is 5.90. The minimum Gasteiger partial charge on any atom is -0.492 e. The molecule has 35 heavy (non-hydrogen) atoms. The molecule has 0 spiro atoms. The molecular formula is C28H36ClN3O3. The van der Waals surface area contributed by atoms with Crippen LogP contribution in [0.15, 0.2) is 54.6 Å². The number of nitrogens with zero attached hydrogens (tertiary/aromatic N) is 3. The molecule has 2 saturated heterocycles. The minimum atomic E-state index is 0.0920. The predicted octanol–water partition coefficient (Wildman–Crippen LogP) is 4.12. The summed E-state index contributed by atoms with van der Waals surface area (Å²) in [4.78, 5) is 31.5. The molecule has 2 aromatic rings. The van der Waals surface area contributed by atoms with Gasteiger partial charge in [-0.25, -0.2) is 0 Å². The normalized spacial score (nSPS) is 17.4. The van der Waals surface area contributed by atoms with E-state index in [1.54, 1.807) is 0 Å². The molecule has 0 aliphatic carbocycles. The van der Waals surface area contributed by atoms with Gasteiger partial charge in [-0.05, 0) is 55.0 Å². The summed E-state index contributed by atoms with van der Waals surface area (Å²) < 4.78 is 5.77. The van der Waals surface area contributed by atoms with Crippen molar-refractivity contribution in [2.75, 3.05) is 52.4 Å². The first-order valence-electron chi connectivity index (χ1n) is 12.8. The number of hydrogen-bond donors (Lipinski definition) is 0. The van der Waals surface area contributed by atoms with Crippen LogP contribution in [0, 0.1) is 5.92 Å². The van der Waals surface area contributed by atoms with Gasteiger partial charge in [-0.1, -0.05) is 41.9 Å². The number of ether oxygens (including phenoxy) is 1.